The van der Waals surface area contributed by atoms with Crippen LogP contribution in [0.1, 0.15) is 5.76 Å². The van der Waals surface area contributed by atoms with E-state index in [-0.39, 0.29) is 0 Å². The van der Waals surface area contributed by atoms with Gasteiger partial charge in [-0.1, -0.05) is 0 Å². The molecule has 1 rings (SSSR count). The third kappa shape index (κ3) is 2.87. The molecule has 0 aromatic carbocycles. The molecule has 0 saturated heterocycles. The molecular weight excluding hydrogens is 140 g/mol. The van der Waals surface area contributed by atoms with Crippen molar-refractivity contribution < 1.29 is 4.42 Å². The van der Waals surface area contributed by atoms with Gasteiger partial charge in [0.15, 0.2) is 0 Å². The van der Waals surface area contributed by atoms with Gasteiger partial charge in [0.1, 0.15) is 5.76 Å². The molecule has 0 atom stereocenters. The molecule has 11 heavy (non-hydrogen) atoms. The average Bonchev–Trinajstić information content (AvgIpc) is 2.50. The summed E-state index contributed by atoms with van der Waals surface area (Å²) in [5, 5.41) is 11.1. The monoisotopic (exact) mass is 150 g/mol. The Balaban J connectivity index is 2.10. The first-order chi connectivity index (χ1) is 5.43. The van der Waals surface area contributed by atoms with E-state index in [2.05, 4.69) is 5.32 Å². The molecule has 1 aromatic rings. The molecular formula is C8H10N2O. The summed E-state index contributed by atoms with van der Waals surface area (Å²) in [5.74, 6) is 0.954. The van der Waals surface area contributed by atoms with E-state index >= 15 is 0 Å². The summed E-state index contributed by atoms with van der Waals surface area (Å²) in [6.45, 7) is 1.20. The first-order valence-electron chi connectivity index (χ1n) is 3.53. The van der Waals surface area contributed by atoms with E-state index < -0.39 is 0 Å². The van der Waals surface area contributed by atoms with Crippen molar-refractivity contribution in [2.45, 2.75) is 6.42 Å². The van der Waals surface area contributed by atoms with E-state index in [1.807, 2.05) is 18.2 Å². The lowest BCUT2D eigenvalue weighted by Crippen LogP contribution is -2.16. The number of rotatable bonds is 4. The zero-order valence-electron chi connectivity index (χ0n) is 6.21. The van der Waals surface area contributed by atoms with Crippen LogP contribution in [-0.2, 0) is 6.42 Å². The summed E-state index contributed by atoms with van der Waals surface area (Å²) in [5.41, 5.74) is 0. The van der Waals surface area contributed by atoms with Crippen LogP contribution in [0.2, 0.25) is 0 Å². The Hall–Kier alpha value is -1.27. The maximum absolute atomic E-state index is 8.19. The molecule has 1 N–H and O–H groups in total. The van der Waals surface area contributed by atoms with Gasteiger partial charge in [-0.25, -0.2) is 0 Å². The van der Waals surface area contributed by atoms with Crippen LogP contribution in [-0.4, -0.2) is 13.1 Å². The highest BCUT2D eigenvalue weighted by Gasteiger charge is 1.92. The summed E-state index contributed by atoms with van der Waals surface area (Å²) in [4.78, 5) is 0. The number of furan rings is 1. The second-order valence-electron chi connectivity index (χ2n) is 2.16. The Bertz CT molecular complexity index is 223. The fourth-order valence-electron chi connectivity index (χ4n) is 0.811. The van der Waals surface area contributed by atoms with Crippen LogP contribution in [0.15, 0.2) is 22.8 Å². The van der Waals surface area contributed by atoms with Gasteiger partial charge in [-0.15, -0.1) is 0 Å². The molecule has 0 aliphatic carbocycles. The van der Waals surface area contributed by atoms with E-state index in [1.165, 1.54) is 0 Å². The van der Waals surface area contributed by atoms with Crippen molar-refractivity contribution in [1.82, 2.24) is 5.32 Å². The molecule has 0 spiro atoms. The molecule has 0 unspecified atom stereocenters. The normalized spacial score (nSPS) is 9.36. The fraction of sp³-hybridized carbons (Fsp3) is 0.375. The minimum atomic E-state index is 0.403. The zero-order valence-corrected chi connectivity index (χ0v) is 6.21. The van der Waals surface area contributed by atoms with Gasteiger partial charge in [0.05, 0.1) is 18.9 Å². The van der Waals surface area contributed by atoms with Gasteiger partial charge in [0.2, 0.25) is 0 Å². The van der Waals surface area contributed by atoms with Crippen LogP contribution in [0.4, 0.5) is 0 Å². The van der Waals surface area contributed by atoms with E-state index in [0.29, 0.717) is 6.54 Å². The molecule has 0 bridgehead atoms. The maximum Gasteiger partial charge on any atom is 0.105 e. The van der Waals surface area contributed by atoms with Gasteiger partial charge in [-0.2, -0.15) is 5.26 Å². The Morgan fingerprint density at radius 3 is 3.18 bits per heavy atom. The van der Waals surface area contributed by atoms with Crippen molar-refractivity contribution >= 4 is 0 Å². The topological polar surface area (TPSA) is 49.0 Å². The highest BCUT2D eigenvalue weighted by molar-refractivity contribution is 4.98. The van der Waals surface area contributed by atoms with Crippen molar-refractivity contribution in [1.29, 1.82) is 5.26 Å². The summed E-state index contributed by atoms with van der Waals surface area (Å²) in [7, 11) is 0. The predicted molar refractivity (Wildman–Crippen MR) is 40.9 cm³/mol. The van der Waals surface area contributed by atoms with E-state index in [0.717, 1.165) is 18.7 Å². The molecule has 0 aliphatic rings. The summed E-state index contributed by atoms with van der Waals surface area (Å²) >= 11 is 0. The molecule has 0 fully saturated rings. The Morgan fingerprint density at radius 1 is 1.64 bits per heavy atom. The van der Waals surface area contributed by atoms with Gasteiger partial charge in [-0.3, -0.25) is 0 Å². The summed E-state index contributed by atoms with van der Waals surface area (Å²) in [6, 6.07) is 5.79. The number of nitrogens with one attached hydrogen (secondary N) is 1. The van der Waals surface area contributed by atoms with Gasteiger partial charge < -0.3 is 9.73 Å². The van der Waals surface area contributed by atoms with Crippen LogP contribution >= 0.6 is 0 Å². The Morgan fingerprint density at radius 2 is 2.55 bits per heavy atom. The number of hydrogen-bond donors (Lipinski definition) is 1. The lowest BCUT2D eigenvalue weighted by atomic mass is 10.3. The third-order valence-electron chi connectivity index (χ3n) is 1.33. The molecule has 0 saturated carbocycles. The molecule has 0 amide bonds. The quantitative estimate of drug-likeness (QED) is 0.513. The largest absolute Gasteiger partial charge is 0.469 e. The van der Waals surface area contributed by atoms with Crippen molar-refractivity contribution in [3.8, 4) is 6.07 Å². The molecule has 0 aliphatic heterocycles. The Labute approximate surface area is 65.6 Å². The van der Waals surface area contributed by atoms with E-state index in [1.54, 1.807) is 6.26 Å². The molecule has 0 radical (unpaired) electrons. The first-order valence-corrected chi connectivity index (χ1v) is 3.53. The third-order valence-corrected chi connectivity index (χ3v) is 1.33. The van der Waals surface area contributed by atoms with E-state index in [9.17, 15) is 0 Å². The fourth-order valence-corrected chi connectivity index (χ4v) is 0.811. The molecule has 3 heteroatoms. The number of hydrogen-bond acceptors (Lipinski definition) is 3. The minimum absolute atomic E-state index is 0.403. The predicted octanol–water partition coefficient (Wildman–Crippen LogP) is 0.935. The SMILES string of the molecule is N#CCNCCc1ccco1. The van der Waals surface area contributed by atoms with Gasteiger partial charge in [0, 0.05) is 13.0 Å². The van der Waals surface area contributed by atoms with Crippen LogP contribution in [0.3, 0.4) is 0 Å². The smallest absolute Gasteiger partial charge is 0.105 e. The summed E-state index contributed by atoms with van der Waals surface area (Å²) in [6.07, 6.45) is 2.49. The highest BCUT2D eigenvalue weighted by atomic mass is 16.3. The molecule has 58 valence electrons. The van der Waals surface area contributed by atoms with Crippen LogP contribution in [0.25, 0.3) is 0 Å². The van der Waals surface area contributed by atoms with Crippen LogP contribution < -0.4 is 5.32 Å². The molecule has 1 aromatic heterocycles. The number of nitriles is 1. The highest BCUT2D eigenvalue weighted by Crippen LogP contribution is 1.98. The Kier molecular flexibility index (Phi) is 3.23. The first kappa shape index (κ1) is 7.83. The van der Waals surface area contributed by atoms with Crippen molar-refractivity contribution in [2.24, 2.45) is 0 Å². The maximum atomic E-state index is 8.19. The minimum Gasteiger partial charge on any atom is -0.469 e. The van der Waals surface area contributed by atoms with Gasteiger partial charge in [0.25, 0.3) is 0 Å². The van der Waals surface area contributed by atoms with Crippen molar-refractivity contribution in [3.63, 3.8) is 0 Å². The van der Waals surface area contributed by atoms with E-state index in [4.69, 9.17) is 9.68 Å². The van der Waals surface area contributed by atoms with Crippen LogP contribution in [0, 0.1) is 11.3 Å². The summed E-state index contributed by atoms with van der Waals surface area (Å²) < 4.78 is 5.09. The lowest BCUT2D eigenvalue weighted by Gasteiger charge is -1.95. The van der Waals surface area contributed by atoms with Crippen LogP contribution in [0.5, 0.6) is 0 Å². The van der Waals surface area contributed by atoms with Crippen molar-refractivity contribution in [3.05, 3.63) is 24.2 Å². The average molecular weight is 150 g/mol. The standard InChI is InChI=1S/C8H10N2O/c9-4-6-10-5-3-8-2-1-7-11-8/h1-2,7,10H,3,5-6H2. The van der Waals surface area contributed by atoms with Gasteiger partial charge >= 0.3 is 0 Å². The second kappa shape index (κ2) is 4.53. The zero-order chi connectivity index (χ0) is 7.94. The molecule has 3 nitrogen and oxygen atoms in total. The lowest BCUT2D eigenvalue weighted by molar-refractivity contribution is 0.502. The van der Waals surface area contributed by atoms with Crippen molar-refractivity contribution in [2.75, 3.05) is 13.1 Å². The number of nitrogens with zero attached hydrogens (tertiary/aromatic N) is 1. The second-order valence-corrected chi connectivity index (χ2v) is 2.16. The molecule has 1 heterocycles. The van der Waals surface area contributed by atoms with Gasteiger partial charge in [-0.05, 0) is 12.1 Å².